The number of carbonyl (C=O) groups is 1. The van der Waals surface area contributed by atoms with Crippen molar-refractivity contribution in [2.24, 2.45) is 22.1 Å². The summed E-state index contributed by atoms with van der Waals surface area (Å²) in [6, 6.07) is -0.350. The number of carbonyl (C=O) groups excluding carboxylic acids is 1. The molecule has 2 aliphatic rings. The molecule has 2 heterocycles. The second-order valence-electron chi connectivity index (χ2n) is 4.99. The van der Waals surface area contributed by atoms with Crippen LogP contribution >= 0.6 is 0 Å². The number of azo groups is 1. The molecular weight excluding hydrogens is 180 g/mol. The van der Waals surface area contributed by atoms with Crippen molar-refractivity contribution >= 4 is 5.97 Å². The van der Waals surface area contributed by atoms with Gasteiger partial charge in [0, 0.05) is 0 Å². The Morgan fingerprint density at radius 2 is 2.07 bits per heavy atom. The van der Waals surface area contributed by atoms with Gasteiger partial charge in [0.15, 0.2) is 6.04 Å². The second kappa shape index (κ2) is 2.78. The highest BCUT2D eigenvalue weighted by Gasteiger charge is 2.56. The van der Waals surface area contributed by atoms with E-state index in [2.05, 4.69) is 24.1 Å². The number of fused-ring (bicyclic) bond motifs is 1. The van der Waals surface area contributed by atoms with Crippen molar-refractivity contribution in [1.82, 2.24) is 0 Å². The van der Waals surface area contributed by atoms with Gasteiger partial charge >= 0.3 is 5.97 Å². The molecule has 0 bridgehead atoms. The molecule has 0 radical (unpaired) electrons. The van der Waals surface area contributed by atoms with Crippen LogP contribution in [0, 0.1) is 11.8 Å². The Balaban J connectivity index is 2.31. The Labute approximate surface area is 83.7 Å². The third kappa shape index (κ3) is 1.16. The number of nitrogens with zero attached hydrogens (tertiary/aromatic N) is 2. The summed E-state index contributed by atoms with van der Waals surface area (Å²) < 4.78 is 5.33. The molecule has 0 aromatic rings. The van der Waals surface area contributed by atoms with Crippen LogP contribution in [0.1, 0.15) is 27.7 Å². The van der Waals surface area contributed by atoms with Gasteiger partial charge in [0.25, 0.3) is 0 Å². The van der Waals surface area contributed by atoms with Crippen molar-refractivity contribution < 1.29 is 9.53 Å². The van der Waals surface area contributed by atoms with Crippen LogP contribution in [0.4, 0.5) is 0 Å². The third-order valence-corrected chi connectivity index (χ3v) is 3.10. The standard InChI is InChI=1S/C10H16N2O2/c1-5(2)8-6-7(9(13)14-8)11-12-10(6,3)4/h5-8H,1-4H3. The van der Waals surface area contributed by atoms with Gasteiger partial charge in [-0.15, -0.1) is 0 Å². The lowest BCUT2D eigenvalue weighted by atomic mass is 9.78. The van der Waals surface area contributed by atoms with Crippen LogP contribution in [0.15, 0.2) is 10.2 Å². The number of hydrogen-bond donors (Lipinski definition) is 0. The number of ether oxygens (including phenoxy) is 1. The fourth-order valence-electron chi connectivity index (χ4n) is 2.34. The molecule has 4 nitrogen and oxygen atoms in total. The summed E-state index contributed by atoms with van der Waals surface area (Å²) in [6.07, 6.45) is -0.0301. The van der Waals surface area contributed by atoms with Crippen LogP contribution in [0.5, 0.6) is 0 Å². The summed E-state index contributed by atoms with van der Waals surface area (Å²) in [4.78, 5) is 11.5. The fourth-order valence-corrected chi connectivity index (χ4v) is 2.34. The monoisotopic (exact) mass is 196 g/mol. The van der Waals surface area contributed by atoms with Crippen LogP contribution in [-0.2, 0) is 9.53 Å². The third-order valence-electron chi connectivity index (χ3n) is 3.10. The van der Waals surface area contributed by atoms with Gasteiger partial charge in [-0.1, -0.05) is 13.8 Å². The van der Waals surface area contributed by atoms with Crippen LogP contribution < -0.4 is 0 Å². The number of hydrogen-bond acceptors (Lipinski definition) is 4. The lowest BCUT2D eigenvalue weighted by Crippen LogP contribution is -2.38. The number of cyclic esters (lactones) is 1. The molecule has 0 N–H and O–H groups in total. The van der Waals surface area contributed by atoms with Gasteiger partial charge < -0.3 is 4.74 Å². The van der Waals surface area contributed by atoms with Gasteiger partial charge in [-0.3, -0.25) is 0 Å². The van der Waals surface area contributed by atoms with Crippen molar-refractivity contribution in [1.29, 1.82) is 0 Å². The van der Waals surface area contributed by atoms with E-state index >= 15 is 0 Å². The largest absolute Gasteiger partial charge is 0.460 e. The first-order valence-corrected chi connectivity index (χ1v) is 5.06. The molecule has 0 spiro atoms. The van der Waals surface area contributed by atoms with Gasteiger partial charge in [-0.05, 0) is 19.8 Å². The van der Waals surface area contributed by atoms with Crippen molar-refractivity contribution in [3.05, 3.63) is 0 Å². The Hall–Kier alpha value is -0.930. The van der Waals surface area contributed by atoms with Crippen molar-refractivity contribution in [2.45, 2.75) is 45.4 Å². The Kier molecular flexibility index (Phi) is 1.91. The minimum Gasteiger partial charge on any atom is -0.460 e. The first-order chi connectivity index (χ1) is 6.43. The fraction of sp³-hybridized carbons (Fsp3) is 0.900. The predicted octanol–water partition coefficient (Wildman–Crippen LogP) is 1.80. The first kappa shape index (κ1) is 9.62. The van der Waals surface area contributed by atoms with Crippen LogP contribution in [-0.4, -0.2) is 23.7 Å². The van der Waals surface area contributed by atoms with Crippen molar-refractivity contribution in [2.75, 3.05) is 0 Å². The zero-order valence-electron chi connectivity index (χ0n) is 9.02. The molecule has 2 aliphatic heterocycles. The summed E-state index contributed by atoms with van der Waals surface area (Å²) in [5.41, 5.74) is -0.258. The topological polar surface area (TPSA) is 51.0 Å². The van der Waals surface area contributed by atoms with Gasteiger partial charge in [0.2, 0.25) is 0 Å². The minimum atomic E-state index is -0.350. The van der Waals surface area contributed by atoms with Crippen LogP contribution in [0.25, 0.3) is 0 Å². The number of rotatable bonds is 1. The molecule has 1 saturated heterocycles. The normalized spacial score (nSPS) is 38.9. The molecule has 1 fully saturated rings. The number of esters is 1. The summed E-state index contributed by atoms with van der Waals surface area (Å²) in [5, 5.41) is 8.17. The molecule has 78 valence electrons. The van der Waals surface area contributed by atoms with E-state index in [1.54, 1.807) is 0 Å². The zero-order chi connectivity index (χ0) is 10.5. The molecule has 0 saturated carbocycles. The molecule has 14 heavy (non-hydrogen) atoms. The predicted molar refractivity (Wildman–Crippen MR) is 50.9 cm³/mol. The van der Waals surface area contributed by atoms with Gasteiger partial charge in [-0.25, -0.2) is 4.79 Å². The van der Waals surface area contributed by atoms with E-state index in [0.29, 0.717) is 5.92 Å². The molecule has 3 unspecified atom stereocenters. The molecule has 0 aromatic heterocycles. The highest BCUT2D eigenvalue weighted by molar-refractivity contribution is 5.79. The maximum absolute atomic E-state index is 11.5. The van der Waals surface area contributed by atoms with Crippen LogP contribution in [0.3, 0.4) is 0 Å². The van der Waals surface area contributed by atoms with Gasteiger partial charge in [0.1, 0.15) is 6.10 Å². The molecule has 0 aromatic carbocycles. The second-order valence-corrected chi connectivity index (χ2v) is 4.99. The van der Waals surface area contributed by atoms with E-state index in [9.17, 15) is 4.79 Å². The smallest absolute Gasteiger partial charge is 0.333 e. The molecule has 2 rings (SSSR count). The Bertz CT molecular complexity index is 296. The lowest BCUT2D eigenvalue weighted by molar-refractivity contribution is -0.144. The average Bonchev–Trinajstić information content (AvgIpc) is 2.53. The maximum Gasteiger partial charge on any atom is 0.333 e. The Morgan fingerprint density at radius 1 is 1.43 bits per heavy atom. The summed E-state index contributed by atoms with van der Waals surface area (Å²) >= 11 is 0. The van der Waals surface area contributed by atoms with E-state index in [-0.39, 0.29) is 29.6 Å². The average molecular weight is 196 g/mol. The Morgan fingerprint density at radius 3 is 2.64 bits per heavy atom. The molecule has 0 aliphatic carbocycles. The highest BCUT2D eigenvalue weighted by Crippen LogP contribution is 2.43. The molecule has 4 heteroatoms. The van der Waals surface area contributed by atoms with Crippen LogP contribution in [0.2, 0.25) is 0 Å². The van der Waals surface area contributed by atoms with Gasteiger partial charge in [-0.2, -0.15) is 10.2 Å². The molecular formula is C10H16N2O2. The highest BCUT2D eigenvalue weighted by atomic mass is 16.6. The van der Waals surface area contributed by atoms with Crippen molar-refractivity contribution in [3.8, 4) is 0 Å². The minimum absolute atomic E-state index is 0.0301. The SMILES string of the molecule is CC(C)C1OC(=O)C2N=NC(C)(C)C21. The molecule has 0 amide bonds. The van der Waals surface area contributed by atoms with Crippen molar-refractivity contribution in [3.63, 3.8) is 0 Å². The van der Waals surface area contributed by atoms with E-state index < -0.39 is 0 Å². The molecule has 3 atom stereocenters. The first-order valence-electron chi connectivity index (χ1n) is 5.06. The maximum atomic E-state index is 11.5. The zero-order valence-corrected chi connectivity index (χ0v) is 9.02. The van der Waals surface area contributed by atoms with E-state index in [0.717, 1.165) is 0 Å². The summed E-state index contributed by atoms with van der Waals surface area (Å²) in [5.74, 6) is 0.245. The summed E-state index contributed by atoms with van der Waals surface area (Å²) in [6.45, 7) is 8.15. The summed E-state index contributed by atoms with van der Waals surface area (Å²) in [7, 11) is 0. The van der Waals surface area contributed by atoms with Gasteiger partial charge in [0.05, 0.1) is 11.5 Å². The van der Waals surface area contributed by atoms with E-state index in [1.165, 1.54) is 0 Å². The van der Waals surface area contributed by atoms with E-state index in [1.807, 2.05) is 13.8 Å². The van der Waals surface area contributed by atoms with E-state index in [4.69, 9.17) is 4.74 Å². The quantitative estimate of drug-likeness (QED) is 0.600. The lowest BCUT2D eigenvalue weighted by Gasteiger charge is -2.27.